The van der Waals surface area contributed by atoms with Gasteiger partial charge < -0.3 is 14.6 Å². The number of piperidine rings is 1. The fourth-order valence-electron chi connectivity index (χ4n) is 4.02. The van der Waals surface area contributed by atoms with Gasteiger partial charge in [0.25, 0.3) is 5.91 Å². The first-order valence-corrected chi connectivity index (χ1v) is 10.7. The summed E-state index contributed by atoms with van der Waals surface area (Å²) in [6.07, 6.45) is 3.32. The molecule has 150 valence electrons. The van der Waals surface area contributed by atoms with Crippen LogP contribution >= 0.6 is 0 Å². The summed E-state index contributed by atoms with van der Waals surface area (Å²) >= 11 is 0. The molecule has 1 aromatic heterocycles. The van der Waals surface area contributed by atoms with Crippen LogP contribution in [0.2, 0.25) is 0 Å². The predicted octanol–water partition coefficient (Wildman–Crippen LogP) is 1.24. The summed E-state index contributed by atoms with van der Waals surface area (Å²) in [5, 5.41) is 9.26. The van der Waals surface area contributed by atoms with Crippen LogP contribution in [0.5, 0.6) is 0 Å². The van der Waals surface area contributed by atoms with Crippen molar-refractivity contribution in [1.29, 1.82) is 0 Å². The number of likely N-dealkylation sites (tertiary alicyclic amines) is 1. The lowest BCUT2D eigenvalue weighted by molar-refractivity contribution is -0.142. The molecule has 1 N–H and O–H groups in total. The molecule has 9 heteroatoms. The molecule has 0 radical (unpaired) electrons. The molecule has 0 aromatic carbocycles. The minimum atomic E-state index is -3.64. The van der Waals surface area contributed by atoms with Gasteiger partial charge in [-0.3, -0.25) is 9.59 Å². The van der Waals surface area contributed by atoms with E-state index in [1.54, 1.807) is 7.05 Å². The van der Waals surface area contributed by atoms with Crippen LogP contribution in [0.4, 0.5) is 0 Å². The number of hydrogen-bond acceptors (Lipinski definition) is 4. The molecule has 0 saturated carbocycles. The van der Waals surface area contributed by atoms with E-state index < -0.39 is 21.9 Å². The fraction of sp³-hybridized carbons (Fsp3) is 0.667. The van der Waals surface area contributed by atoms with Gasteiger partial charge in [-0.05, 0) is 30.7 Å². The monoisotopic (exact) mass is 397 g/mol. The van der Waals surface area contributed by atoms with Crippen LogP contribution in [-0.2, 0) is 21.9 Å². The summed E-state index contributed by atoms with van der Waals surface area (Å²) in [6.45, 7) is 5.33. The molecule has 3 heterocycles. The Morgan fingerprint density at radius 3 is 2.48 bits per heavy atom. The fourth-order valence-corrected chi connectivity index (χ4v) is 5.69. The number of aromatic nitrogens is 1. The van der Waals surface area contributed by atoms with Crippen LogP contribution in [0, 0.1) is 17.8 Å². The highest BCUT2D eigenvalue weighted by atomic mass is 32.2. The summed E-state index contributed by atoms with van der Waals surface area (Å²) in [4.78, 5) is 25.8. The van der Waals surface area contributed by atoms with Gasteiger partial charge in [0, 0.05) is 39.4 Å². The van der Waals surface area contributed by atoms with E-state index in [0.717, 1.165) is 12.8 Å². The number of aryl methyl sites for hydroxylation is 1. The van der Waals surface area contributed by atoms with Gasteiger partial charge in [-0.15, -0.1) is 0 Å². The average Bonchev–Trinajstić information content (AvgIpc) is 3.18. The van der Waals surface area contributed by atoms with Gasteiger partial charge in [-0.1, -0.05) is 13.8 Å². The Hall–Kier alpha value is -1.87. The molecule has 2 fully saturated rings. The van der Waals surface area contributed by atoms with E-state index in [4.69, 9.17) is 0 Å². The number of carbonyl (C=O) groups is 2. The Balaban J connectivity index is 1.82. The third-order valence-corrected chi connectivity index (χ3v) is 7.50. The van der Waals surface area contributed by atoms with Crippen molar-refractivity contribution in [3.05, 3.63) is 18.0 Å². The van der Waals surface area contributed by atoms with Crippen molar-refractivity contribution in [2.45, 2.75) is 31.6 Å². The highest BCUT2D eigenvalue weighted by molar-refractivity contribution is 7.89. The average molecular weight is 397 g/mol. The van der Waals surface area contributed by atoms with Crippen LogP contribution in [0.25, 0.3) is 0 Å². The predicted molar refractivity (Wildman–Crippen MR) is 98.8 cm³/mol. The molecule has 2 aliphatic heterocycles. The number of carboxylic acids is 1. The minimum absolute atomic E-state index is 0.115. The highest BCUT2D eigenvalue weighted by Gasteiger charge is 2.38. The number of carboxylic acid groups (broad SMARTS) is 1. The van der Waals surface area contributed by atoms with Crippen LogP contribution < -0.4 is 0 Å². The van der Waals surface area contributed by atoms with Crippen molar-refractivity contribution in [3.63, 3.8) is 0 Å². The Kier molecular flexibility index (Phi) is 5.36. The van der Waals surface area contributed by atoms with Gasteiger partial charge in [0.1, 0.15) is 10.6 Å². The van der Waals surface area contributed by atoms with E-state index in [0.29, 0.717) is 25.6 Å². The molecule has 0 aliphatic carbocycles. The third kappa shape index (κ3) is 3.75. The van der Waals surface area contributed by atoms with Crippen molar-refractivity contribution in [3.8, 4) is 0 Å². The molecule has 3 rings (SSSR count). The molecule has 2 aliphatic rings. The van der Waals surface area contributed by atoms with E-state index in [2.05, 4.69) is 0 Å². The lowest BCUT2D eigenvalue weighted by Crippen LogP contribution is -2.38. The molecule has 0 spiro atoms. The summed E-state index contributed by atoms with van der Waals surface area (Å²) in [7, 11) is -2.00. The second-order valence-electron chi connectivity index (χ2n) is 7.91. The number of nitrogens with zero attached hydrogens (tertiary/aromatic N) is 3. The number of rotatable bonds is 4. The number of aliphatic carboxylic acids is 1. The van der Waals surface area contributed by atoms with Crippen molar-refractivity contribution in [2.24, 2.45) is 24.8 Å². The molecule has 1 aromatic rings. The molecule has 0 bridgehead atoms. The van der Waals surface area contributed by atoms with Crippen LogP contribution in [-0.4, -0.2) is 65.4 Å². The molecule has 8 nitrogen and oxygen atoms in total. The third-order valence-electron chi connectivity index (χ3n) is 5.67. The lowest BCUT2D eigenvalue weighted by Gasteiger charge is -2.29. The summed E-state index contributed by atoms with van der Waals surface area (Å²) in [5.74, 6) is -1.65. The molecule has 1 amide bonds. The van der Waals surface area contributed by atoms with Crippen molar-refractivity contribution in [2.75, 3.05) is 26.2 Å². The van der Waals surface area contributed by atoms with Crippen LogP contribution in [0.3, 0.4) is 0 Å². The smallest absolute Gasteiger partial charge is 0.308 e. The standard InChI is InChI=1S/C18H27N3O5S/c1-12-5-4-6-21(8-12)27(25,26)14-7-16(19(3)10-14)17(22)20-9-13(2)15(11-20)18(23)24/h7,10,12-13,15H,4-6,8-9,11H2,1-3H3,(H,23,24)/t12?,13-,15-/m1/s1. The van der Waals surface area contributed by atoms with Crippen molar-refractivity contribution in [1.82, 2.24) is 13.8 Å². The largest absolute Gasteiger partial charge is 0.481 e. The first-order valence-electron chi connectivity index (χ1n) is 9.30. The zero-order valence-corrected chi connectivity index (χ0v) is 16.8. The zero-order valence-electron chi connectivity index (χ0n) is 16.0. The minimum Gasteiger partial charge on any atom is -0.481 e. The number of sulfonamides is 1. The van der Waals surface area contributed by atoms with Gasteiger partial charge in [0.05, 0.1) is 5.92 Å². The first-order chi connectivity index (χ1) is 12.6. The second kappa shape index (κ2) is 7.27. The SMILES string of the molecule is CC1CCCN(S(=O)(=O)c2cc(C(=O)N3C[C@@H](C)[C@H](C(=O)O)C3)n(C)c2)C1. The Bertz CT molecular complexity index is 847. The summed E-state index contributed by atoms with van der Waals surface area (Å²) in [6, 6.07) is 1.41. The number of carbonyl (C=O) groups excluding carboxylic acids is 1. The quantitative estimate of drug-likeness (QED) is 0.824. The summed E-state index contributed by atoms with van der Waals surface area (Å²) in [5.41, 5.74) is 0.261. The Morgan fingerprint density at radius 2 is 1.89 bits per heavy atom. The Morgan fingerprint density at radius 1 is 1.19 bits per heavy atom. The first kappa shape index (κ1) is 19.9. The Labute approximate surface area is 159 Å². The van der Waals surface area contributed by atoms with Gasteiger partial charge in [-0.25, -0.2) is 8.42 Å². The maximum absolute atomic E-state index is 12.9. The lowest BCUT2D eigenvalue weighted by atomic mass is 9.99. The van der Waals surface area contributed by atoms with E-state index in [-0.39, 0.29) is 29.0 Å². The summed E-state index contributed by atoms with van der Waals surface area (Å²) < 4.78 is 28.9. The topological polar surface area (TPSA) is 99.9 Å². The van der Waals surface area contributed by atoms with Crippen molar-refractivity contribution >= 4 is 21.9 Å². The highest BCUT2D eigenvalue weighted by Crippen LogP contribution is 2.27. The molecular weight excluding hydrogens is 370 g/mol. The van der Waals surface area contributed by atoms with Crippen LogP contribution in [0.15, 0.2) is 17.2 Å². The zero-order chi connectivity index (χ0) is 19.9. The maximum atomic E-state index is 12.9. The number of amides is 1. The normalized spacial score (nSPS) is 27.1. The number of hydrogen-bond donors (Lipinski definition) is 1. The second-order valence-corrected chi connectivity index (χ2v) is 9.85. The van der Waals surface area contributed by atoms with E-state index in [1.165, 1.54) is 26.0 Å². The van der Waals surface area contributed by atoms with E-state index >= 15 is 0 Å². The van der Waals surface area contributed by atoms with Gasteiger partial charge in [-0.2, -0.15) is 4.31 Å². The maximum Gasteiger partial charge on any atom is 0.308 e. The molecule has 2 saturated heterocycles. The molecule has 27 heavy (non-hydrogen) atoms. The molecule has 3 atom stereocenters. The van der Waals surface area contributed by atoms with Gasteiger partial charge >= 0.3 is 5.97 Å². The van der Waals surface area contributed by atoms with E-state index in [9.17, 15) is 23.1 Å². The van der Waals surface area contributed by atoms with Gasteiger partial charge in [0.15, 0.2) is 0 Å². The van der Waals surface area contributed by atoms with Gasteiger partial charge in [0.2, 0.25) is 10.0 Å². The molecular formula is C18H27N3O5S. The van der Waals surface area contributed by atoms with Crippen LogP contribution in [0.1, 0.15) is 37.2 Å². The van der Waals surface area contributed by atoms with E-state index in [1.807, 2.05) is 13.8 Å². The van der Waals surface area contributed by atoms with Crippen molar-refractivity contribution < 1.29 is 23.1 Å². The molecule has 1 unspecified atom stereocenters.